The normalized spacial score (nSPS) is 11.5. The maximum atomic E-state index is 11.1. The number of ether oxygens (including phenoxy) is 2. The average Bonchev–Trinajstić information content (AvgIpc) is 3.25. The van der Waals surface area contributed by atoms with E-state index >= 15 is 0 Å². The van der Waals surface area contributed by atoms with Crippen LogP contribution < -0.4 is 4.74 Å². The number of esters is 1. The molecule has 35 heavy (non-hydrogen) atoms. The molecule has 0 N–H and O–H groups in total. The number of benzene rings is 3. The first-order chi connectivity index (χ1) is 17.1. The Bertz CT molecular complexity index is 1200. The van der Waals surface area contributed by atoms with Gasteiger partial charge in [0.25, 0.3) is 0 Å². The monoisotopic (exact) mass is 466 g/mol. The number of aryl methyl sites for hydroxylation is 1. The first kappa shape index (κ1) is 24.5. The molecule has 180 valence electrons. The molecule has 0 radical (unpaired) electrons. The first-order valence-corrected chi connectivity index (χ1v) is 12.6. The van der Waals surface area contributed by atoms with Crippen LogP contribution in [-0.4, -0.2) is 19.2 Å². The van der Waals surface area contributed by atoms with Crippen molar-refractivity contribution in [2.24, 2.45) is 0 Å². The number of rotatable bonds is 12. The van der Waals surface area contributed by atoms with Crippen molar-refractivity contribution in [3.63, 3.8) is 0 Å². The number of carbonyl (C=O) groups excluding carboxylic acids is 1. The second-order valence-electron chi connectivity index (χ2n) is 9.07. The van der Waals surface area contributed by atoms with Gasteiger partial charge in [-0.2, -0.15) is 0 Å². The summed E-state index contributed by atoms with van der Waals surface area (Å²) in [4.78, 5) is 11.1. The molecule has 0 saturated heterocycles. The van der Waals surface area contributed by atoms with E-state index in [0.717, 1.165) is 34.9 Å². The summed E-state index contributed by atoms with van der Waals surface area (Å²) in [6, 6.07) is 21.7. The van der Waals surface area contributed by atoms with Gasteiger partial charge in [0.1, 0.15) is 5.75 Å². The van der Waals surface area contributed by atoms with E-state index in [9.17, 15) is 4.79 Å². The highest BCUT2D eigenvalue weighted by Crippen LogP contribution is 2.39. The number of hydrogen-bond donors (Lipinski definition) is 0. The summed E-state index contributed by atoms with van der Waals surface area (Å²) in [7, 11) is 0. The summed E-state index contributed by atoms with van der Waals surface area (Å²) in [5, 5.41) is 0. The Morgan fingerprint density at radius 2 is 1.60 bits per heavy atom. The molecule has 0 aliphatic heterocycles. The van der Waals surface area contributed by atoms with Gasteiger partial charge in [0.2, 0.25) is 0 Å². The molecule has 0 unspecified atom stereocenters. The lowest BCUT2D eigenvalue weighted by atomic mass is 9.95. The Labute approximate surface area is 209 Å². The maximum Gasteiger partial charge on any atom is 0.330 e. The quantitative estimate of drug-likeness (QED) is 0.123. The zero-order chi connectivity index (χ0) is 24.6. The second-order valence-corrected chi connectivity index (χ2v) is 9.07. The average molecular weight is 467 g/mol. The van der Waals surface area contributed by atoms with Gasteiger partial charge in [-0.25, -0.2) is 4.79 Å². The molecule has 3 aromatic carbocycles. The van der Waals surface area contributed by atoms with Crippen LogP contribution in [0.2, 0.25) is 0 Å². The highest BCUT2D eigenvalue weighted by atomic mass is 16.5. The Balaban J connectivity index is 1.36. The molecule has 3 aromatic rings. The Morgan fingerprint density at radius 1 is 0.886 bits per heavy atom. The van der Waals surface area contributed by atoms with Crippen LogP contribution in [0.4, 0.5) is 0 Å². The molecule has 1 aliphatic carbocycles. The van der Waals surface area contributed by atoms with Crippen molar-refractivity contribution in [2.75, 3.05) is 13.2 Å². The molecule has 0 aromatic heterocycles. The summed E-state index contributed by atoms with van der Waals surface area (Å²) >= 11 is 0. The van der Waals surface area contributed by atoms with Crippen molar-refractivity contribution in [3.05, 3.63) is 108 Å². The lowest BCUT2D eigenvalue weighted by Gasteiger charge is -2.11. The highest BCUT2D eigenvalue weighted by Gasteiger charge is 2.19. The van der Waals surface area contributed by atoms with Crippen molar-refractivity contribution in [1.82, 2.24) is 0 Å². The smallest absolute Gasteiger partial charge is 0.330 e. The molecule has 0 spiro atoms. The van der Waals surface area contributed by atoms with Crippen LogP contribution in [0.5, 0.6) is 5.75 Å². The lowest BCUT2D eigenvalue weighted by molar-refractivity contribution is -0.137. The summed E-state index contributed by atoms with van der Waals surface area (Å²) in [5.74, 6) is 0.381. The fourth-order valence-electron chi connectivity index (χ4n) is 4.59. The summed E-state index contributed by atoms with van der Waals surface area (Å²) in [6.07, 6.45) is 7.77. The molecule has 0 amide bonds. The van der Waals surface area contributed by atoms with E-state index in [2.05, 4.69) is 56.5 Å². The van der Waals surface area contributed by atoms with Crippen LogP contribution in [0, 0.1) is 0 Å². The molecule has 0 atom stereocenters. The molecule has 3 nitrogen and oxygen atoms in total. The highest BCUT2D eigenvalue weighted by molar-refractivity contribution is 5.83. The van der Waals surface area contributed by atoms with Gasteiger partial charge in [-0.3, -0.25) is 0 Å². The van der Waals surface area contributed by atoms with Gasteiger partial charge >= 0.3 is 5.97 Å². The molecule has 1 aliphatic rings. The number of carbonyl (C=O) groups is 1. The van der Waals surface area contributed by atoms with Crippen molar-refractivity contribution < 1.29 is 14.3 Å². The molecule has 3 heteroatoms. The van der Waals surface area contributed by atoms with Gasteiger partial charge in [0.15, 0.2) is 0 Å². The minimum absolute atomic E-state index is 0.322. The molecular formula is C32H34O3. The molecular weight excluding hydrogens is 432 g/mol. The predicted octanol–water partition coefficient (Wildman–Crippen LogP) is 7.55. The standard InChI is InChI=1S/C32H34O3/c1-4-6-7-9-24-10-16-30-27(20-24)22-28-21-26(13-17-31(28)30)23(3)25-11-14-29(15-12-25)34-18-8-19-35-32(33)5-2/h5,10-17,20-21H,2-4,6-9,18-19,22H2,1H3. The lowest BCUT2D eigenvalue weighted by Crippen LogP contribution is -2.06. The molecule has 0 bridgehead atoms. The minimum atomic E-state index is -0.407. The summed E-state index contributed by atoms with van der Waals surface area (Å²) in [6.45, 7) is 10.8. The SMILES string of the molecule is C=CC(=O)OCCCOc1ccc(C(=C)c2ccc3c(c2)Cc2cc(CCCCC)ccc2-3)cc1. The van der Waals surface area contributed by atoms with E-state index < -0.39 is 5.97 Å². The van der Waals surface area contributed by atoms with Crippen LogP contribution in [0.1, 0.15) is 60.4 Å². The van der Waals surface area contributed by atoms with Crippen molar-refractivity contribution in [2.45, 2.75) is 45.4 Å². The second kappa shape index (κ2) is 11.7. The molecule has 4 rings (SSSR count). The van der Waals surface area contributed by atoms with Crippen LogP contribution in [0.3, 0.4) is 0 Å². The van der Waals surface area contributed by atoms with Gasteiger partial charge < -0.3 is 9.47 Å². The number of unbranched alkanes of at least 4 members (excludes halogenated alkanes) is 2. The number of fused-ring (bicyclic) bond motifs is 3. The van der Waals surface area contributed by atoms with E-state index in [1.54, 1.807) is 0 Å². The minimum Gasteiger partial charge on any atom is -0.493 e. The molecule has 0 fully saturated rings. The van der Waals surface area contributed by atoms with Crippen LogP contribution in [0.15, 0.2) is 79.9 Å². The zero-order valence-electron chi connectivity index (χ0n) is 20.6. The predicted molar refractivity (Wildman–Crippen MR) is 144 cm³/mol. The van der Waals surface area contributed by atoms with Crippen LogP contribution in [0.25, 0.3) is 16.7 Å². The topological polar surface area (TPSA) is 35.5 Å². The third-order valence-corrected chi connectivity index (χ3v) is 6.53. The fourth-order valence-corrected chi connectivity index (χ4v) is 4.59. The van der Waals surface area contributed by atoms with Crippen molar-refractivity contribution >= 4 is 11.5 Å². The van der Waals surface area contributed by atoms with Crippen molar-refractivity contribution in [3.8, 4) is 16.9 Å². The third kappa shape index (κ3) is 6.10. The largest absolute Gasteiger partial charge is 0.493 e. The van der Waals surface area contributed by atoms with Crippen LogP contribution in [-0.2, 0) is 22.4 Å². The number of hydrogen-bond acceptors (Lipinski definition) is 3. The van der Waals surface area contributed by atoms with Gasteiger partial charge in [-0.1, -0.05) is 81.5 Å². The van der Waals surface area contributed by atoms with E-state index in [1.807, 2.05) is 24.3 Å². The van der Waals surface area contributed by atoms with Crippen molar-refractivity contribution in [1.29, 1.82) is 0 Å². The molecule has 0 saturated carbocycles. The zero-order valence-corrected chi connectivity index (χ0v) is 20.6. The molecule has 0 heterocycles. The first-order valence-electron chi connectivity index (χ1n) is 12.6. The van der Waals surface area contributed by atoms with Gasteiger partial charge in [0.05, 0.1) is 13.2 Å². The Morgan fingerprint density at radius 3 is 2.34 bits per heavy atom. The van der Waals surface area contributed by atoms with E-state index in [-0.39, 0.29) is 0 Å². The van der Waals surface area contributed by atoms with Gasteiger partial charge in [-0.05, 0) is 75.9 Å². The van der Waals surface area contributed by atoms with E-state index in [1.165, 1.54) is 53.5 Å². The summed E-state index contributed by atoms with van der Waals surface area (Å²) < 4.78 is 10.7. The fraction of sp³-hybridized carbons (Fsp3) is 0.281. The Kier molecular flexibility index (Phi) is 8.20. The van der Waals surface area contributed by atoms with Crippen LogP contribution >= 0.6 is 0 Å². The maximum absolute atomic E-state index is 11.1. The van der Waals surface area contributed by atoms with E-state index in [4.69, 9.17) is 9.47 Å². The Hall–Kier alpha value is -3.59. The summed E-state index contributed by atoms with van der Waals surface area (Å²) in [5.41, 5.74) is 10.2. The van der Waals surface area contributed by atoms with Gasteiger partial charge in [-0.15, -0.1) is 0 Å². The third-order valence-electron chi connectivity index (χ3n) is 6.53. The van der Waals surface area contributed by atoms with Gasteiger partial charge in [0, 0.05) is 12.5 Å². The van der Waals surface area contributed by atoms with E-state index in [0.29, 0.717) is 19.6 Å².